The molecule has 2 atom stereocenters. The lowest BCUT2D eigenvalue weighted by molar-refractivity contribution is -0.132. The van der Waals surface area contributed by atoms with Gasteiger partial charge in [-0.25, -0.2) is 4.98 Å². The average Bonchev–Trinajstić information content (AvgIpc) is 2.47. The standard InChI is InChI=1S/C15H15N3O3/c1-8-17-11-4-2-3-10(16)14(11)15(21)18(8)12-6-5-9(19)7-13(12)20/h2-4,12H,5-7,16H2,1H3/i1D2,6D. The van der Waals surface area contributed by atoms with E-state index >= 15 is 0 Å². The highest BCUT2D eigenvalue weighted by Gasteiger charge is 2.30. The maximum Gasteiger partial charge on any atom is 0.264 e. The molecule has 0 radical (unpaired) electrons. The van der Waals surface area contributed by atoms with Gasteiger partial charge in [-0.2, -0.15) is 0 Å². The summed E-state index contributed by atoms with van der Waals surface area (Å²) in [6.07, 6.45) is -1.68. The van der Waals surface area contributed by atoms with Crippen LogP contribution in [0.4, 0.5) is 5.69 Å². The van der Waals surface area contributed by atoms with Crippen LogP contribution in [0, 0.1) is 6.88 Å². The fraction of sp³-hybridized carbons (Fsp3) is 0.333. The van der Waals surface area contributed by atoms with Gasteiger partial charge in [-0.3, -0.25) is 19.0 Å². The second-order valence-electron chi connectivity index (χ2n) is 4.95. The molecule has 1 aliphatic carbocycles. The quantitative estimate of drug-likeness (QED) is 0.627. The summed E-state index contributed by atoms with van der Waals surface area (Å²) in [4.78, 5) is 40.8. The molecule has 1 saturated carbocycles. The number of nitrogens with two attached hydrogens (primary N) is 1. The molecule has 3 rings (SSSR count). The second kappa shape index (κ2) is 4.80. The van der Waals surface area contributed by atoms with Gasteiger partial charge in [0.1, 0.15) is 11.6 Å². The number of carbonyl (C=O) groups is 2. The summed E-state index contributed by atoms with van der Waals surface area (Å²) < 4.78 is 24.3. The average molecular weight is 288 g/mol. The normalized spacial score (nSPS) is 24.9. The fourth-order valence-corrected chi connectivity index (χ4v) is 2.55. The molecule has 2 N–H and O–H groups in total. The van der Waals surface area contributed by atoms with Gasteiger partial charge >= 0.3 is 0 Å². The van der Waals surface area contributed by atoms with Crippen molar-refractivity contribution in [2.75, 3.05) is 5.73 Å². The van der Waals surface area contributed by atoms with Gasteiger partial charge < -0.3 is 5.73 Å². The van der Waals surface area contributed by atoms with Crippen molar-refractivity contribution < 1.29 is 13.7 Å². The van der Waals surface area contributed by atoms with Crippen LogP contribution < -0.4 is 11.3 Å². The highest BCUT2D eigenvalue weighted by molar-refractivity contribution is 6.03. The number of ketones is 2. The van der Waals surface area contributed by atoms with E-state index in [2.05, 4.69) is 4.98 Å². The maximum absolute atomic E-state index is 12.9. The Bertz CT molecular complexity index is 910. The van der Waals surface area contributed by atoms with Crippen molar-refractivity contribution in [1.82, 2.24) is 9.55 Å². The summed E-state index contributed by atoms with van der Waals surface area (Å²) >= 11 is 0. The molecule has 6 heteroatoms. The Morgan fingerprint density at radius 1 is 1.43 bits per heavy atom. The van der Waals surface area contributed by atoms with Crippen molar-refractivity contribution >= 4 is 28.2 Å². The fourth-order valence-electron chi connectivity index (χ4n) is 2.55. The van der Waals surface area contributed by atoms with Crippen LogP contribution in [0.15, 0.2) is 23.0 Å². The van der Waals surface area contributed by atoms with E-state index < -0.39 is 30.7 Å². The lowest BCUT2D eigenvalue weighted by Gasteiger charge is -2.24. The first kappa shape index (κ1) is 10.3. The Morgan fingerprint density at radius 3 is 2.95 bits per heavy atom. The van der Waals surface area contributed by atoms with Crippen molar-refractivity contribution in [2.24, 2.45) is 0 Å². The zero-order valence-corrected chi connectivity index (χ0v) is 11.1. The van der Waals surface area contributed by atoms with E-state index in [1.165, 1.54) is 12.1 Å². The molecule has 1 aromatic carbocycles. The van der Waals surface area contributed by atoms with Crippen LogP contribution in [-0.2, 0) is 9.59 Å². The number of aryl methyl sites for hydroxylation is 1. The molecule has 2 unspecified atom stereocenters. The van der Waals surface area contributed by atoms with Crippen molar-refractivity contribution in [2.45, 2.75) is 32.2 Å². The summed E-state index contributed by atoms with van der Waals surface area (Å²) in [6, 6.07) is 3.41. The summed E-state index contributed by atoms with van der Waals surface area (Å²) in [7, 11) is 0. The third kappa shape index (κ3) is 2.12. The topological polar surface area (TPSA) is 95.0 Å². The molecule has 2 aromatic rings. The van der Waals surface area contributed by atoms with Gasteiger partial charge in [0.05, 0.1) is 23.4 Å². The SMILES string of the molecule is [2H]C([2H])c1nc2cccc(N)c2c(=O)n1C1C(=O)CC(=O)CC1[2H]. The number of aromatic nitrogens is 2. The first-order chi connectivity index (χ1) is 11.3. The Morgan fingerprint density at radius 2 is 2.24 bits per heavy atom. The van der Waals surface area contributed by atoms with E-state index in [9.17, 15) is 14.4 Å². The Labute approximate surface area is 124 Å². The molecule has 0 aliphatic heterocycles. The van der Waals surface area contributed by atoms with Crippen LogP contribution in [0.1, 0.15) is 35.2 Å². The second-order valence-corrected chi connectivity index (χ2v) is 4.95. The molecule has 1 aliphatic rings. The van der Waals surface area contributed by atoms with Crippen molar-refractivity contribution in [3.63, 3.8) is 0 Å². The summed E-state index contributed by atoms with van der Waals surface area (Å²) in [5.74, 6) is -1.17. The summed E-state index contributed by atoms with van der Waals surface area (Å²) in [5, 5.41) is 0.0822. The van der Waals surface area contributed by atoms with E-state index in [4.69, 9.17) is 9.85 Å². The molecule has 6 nitrogen and oxygen atoms in total. The zero-order valence-electron chi connectivity index (χ0n) is 14.1. The number of carbonyl (C=O) groups excluding carboxylic acids is 2. The minimum Gasteiger partial charge on any atom is -0.398 e. The van der Waals surface area contributed by atoms with Gasteiger partial charge in [-0.15, -0.1) is 0 Å². The van der Waals surface area contributed by atoms with E-state index in [0.717, 1.165) is 4.57 Å². The molecule has 0 amide bonds. The van der Waals surface area contributed by atoms with Crippen molar-refractivity contribution in [3.05, 3.63) is 34.4 Å². The monoisotopic (exact) mass is 288 g/mol. The molecule has 0 spiro atoms. The largest absolute Gasteiger partial charge is 0.398 e. The lowest BCUT2D eigenvalue weighted by Crippen LogP contribution is -2.36. The van der Waals surface area contributed by atoms with Crippen LogP contribution >= 0.6 is 0 Å². The predicted octanol–water partition coefficient (Wildman–Crippen LogP) is 1.15. The van der Waals surface area contributed by atoms with Gasteiger partial charge in [0.25, 0.3) is 5.56 Å². The number of fused-ring (bicyclic) bond motifs is 1. The molecule has 0 bridgehead atoms. The first-order valence-corrected chi connectivity index (χ1v) is 6.43. The number of Topliss-reactive ketones (excluding diaryl/α,β-unsaturated/α-hetero) is 2. The van der Waals surface area contributed by atoms with Crippen molar-refractivity contribution in [3.8, 4) is 0 Å². The number of nitrogens with zero attached hydrogens (tertiary/aromatic N) is 2. The van der Waals surface area contributed by atoms with Gasteiger partial charge in [0, 0.05) is 16.2 Å². The first-order valence-electron chi connectivity index (χ1n) is 8.16. The predicted molar refractivity (Wildman–Crippen MR) is 78.1 cm³/mol. The summed E-state index contributed by atoms with van der Waals surface area (Å²) in [5.41, 5.74) is 5.57. The Balaban J connectivity index is 2.34. The number of nitrogen functional groups attached to an aromatic ring is 1. The molecule has 1 aromatic heterocycles. The van der Waals surface area contributed by atoms with E-state index in [0.29, 0.717) is 0 Å². The molecular formula is C15H15N3O3. The zero-order chi connectivity index (χ0) is 17.6. The summed E-state index contributed by atoms with van der Waals surface area (Å²) in [6.45, 7) is -1.62. The number of rotatable bonds is 1. The number of hydrogen-bond acceptors (Lipinski definition) is 5. The van der Waals surface area contributed by atoms with Crippen LogP contribution in [0.3, 0.4) is 0 Å². The highest BCUT2D eigenvalue weighted by atomic mass is 16.2. The smallest absolute Gasteiger partial charge is 0.264 e. The van der Waals surface area contributed by atoms with Gasteiger partial charge in [0.15, 0.2) is 5.78 Å². The third-order valence-corrected chi connectivity index (χ3v) is 3.54. The van der Waals surface area contributed by atoms with Gasteiger partial charge in [-0.1, -0.05) is 6.07 Å². The minimum absolute atomic E-state index is 0.0822. The number of hydrogen-bond donors (Lipinski definition) is 1. The number of benzene rings is 1. The van der Waals surface area contributed by atoms with Crippen LogP contribution in [0.25, 0.3) is 10.9 Å². The molecule has 0 saturated heterocycles. The Hall–Kier alpha value is -2.50. The van der Waals surface area contributed by atoms with Gasteiger partial charge in [-0.05, 0) is 25.4 Å². The van der Waals surface area contributed by atoms with E-state index in [-0.39, 0.29) is 41.0 Å². The third-order valence-electron chi connectivity index (χ3n) is 3.54. The molecule has 1 heterocycles. The van der Waals surface area contributed by atoms with Crippen LogP contribution in [0.5, 0.6) is 0 Å². The van der Waals surface area contributed by atoms with E-state index in [1.54, 1.807) is 6.07 Å². The molecule has 21 heavy (non-hydrogen) atoms. The maximum atomic E-state index is 12.9. The molecule has 108 valence electrons. The lowest BCUT2D eigenvalue weighted by atomic mass is 9.92. The molecule has 1 fully saturated rings. The number of anilines is 1. The highest BCUT2D eigenvalue weighted by Crippen LogP contribution is 2.24. The molecular weight excluding hydrogens is 270 g/mol. The van der Waals surface area contributed by atoms with E-state index in [1.807, 2.05) is 0 Å². The van der Waals surface area contributed by atoms with Crippen molar-refractivity contribution in [1.29, 1.82) is 0 Å². The minimum atomic E-state index is -1.62. The Kier molecular flexibility index (Phi) is 2.35. The van der Waals surface area contributed by atoms with Crippen LogP contribution in [-0.4, -0.2) is 21.1 Å². The van der Waals surface area contributed by atoms with Gasteiger partial charge in [0.2, 0.25) is 0 Å². The van der Waals surface area contributed by atoms with Crippen LogP contribution in [0.2, 0.25) is 0 Å².